The van der Waals surface area contributed by atoms with Crippen LogP contribution in [0.4, 0.5) is 0 Å². The lowest BCUT2D eigenvalue weighted by molar-refractivity contribution is -0.142. The molecule has 1 saturated carbocycles. The molecule has 0 radical (unpaired) electrons. The van der Waals surface area contributed by atoms with Gasteiger partial charge in [-0.1, -0.05) is 54.8 Å². The van der Waals surface area contributed by atoms with Crippen molar-refractivity contribution in [1.82, 2.24) is 25.2 Å². The number of nitrogens with zero attached hydrogens (tertiary/aromatic N) is 4. The van der Waals surface area contributed by atoms with E-state index >= 15 is 0 Å². The first-order chi connectivity index (χ1) is 20.6. The standard InChI is InChI=1S/C32H35N5O5/c1-2-40-25-15-13-23(14-16-25)31(32(39)33-24-8-4-3-5-9-24)36(19-22-12-17-28-29(18-22)42-21-41-28)30(38)20-37-27-11-7-6-10-26(27)34-35-37/h6-7,10-18,24,31H,2-5,8-9,19-21H2,1H3,(H,33,39). The van der Waals surface area contributed by atoms with Gasteiger partial charge in [0.15, 0.2) is 11.5 Å². The molecular formula is C32H35N5O5. The second kappa shape index (κ2) is 12.5. The molecule has 1 atom stereocenters. The summed E-state index contributed by atoms with van der Waals surface area (Å²) in [7, 11) is 0. The van der Waals surface area contributed by atoms with Crippen molar-refractivity contribution in [2.45, 2.75) is 64.2 Å². The zero-order valence-electron chi connectivity index (χ0n) is 23.7. The van der Waals surface area contributed by atoms with Gasteiger partial charge in [0, 0.05) is 12.6 Å². The Kier molecular flexibility index (Phi) is 8.21. The number of nitrogens with one attached hydrogen (secondary N) is 1. The maximum Gasteiger partial charge on any atom is 0.247 e. The number of aromatic nitrogens is 3. The van der Waals surface area contributed by atoms with E-state index in [-0.39, 0.29) is 37.7 Å². The van der Waals surface area contributed by atoms with Gasteiger partial charge in [0.05, 0.1) is 12.1 Å². The number of hydrogen-bond acceptors (Lipinski definition) is 7. The van der Waals surface area contributed by atoms with Crippen LogP contribution in [0.25, 0.3) is 11.0 Å². The Morgan fingerprint density at radius 3 is 2.62 bits per heavy atom. The van der Waals surface area contributed by atoms with Crippen LogP contribution in [0.15, 0.2) is 66.7 Å². The molecule has 1 aromatic heterocycles. The fourth-order valence-electron chi connectivity index (χ4n) is 5.73. The highest BCUT2D eigenvalue weighted by atomic mass is 16.7. The maximum atomic E-state index is 14.2. The van der Waals surface area contributed by atoms with Crippen LogP contribution in [0.5, 0.6) is 17.2 Å². The van der Waals surface area contributed by atoms with E-state index in [4.69, 9.17) is 14.2 Å². The summed E-state index contributed by atoms with van der Waals surface area (Å²) in [6.07, 6.45) is 5.20. The summed E-state index contributed by atoms with van der Waals surface area (Å²) in [5.74, 6) is 1.51. The summed E-state index contributed by atoms with van der Waals surface area (Å²) in [5.41, 5.74) is 2.96. The molecule has 218 valence electrons. The number of rotatable bonds is 10. The van der Waals surface area contributed by atoms with Crippen molar-refractivity contribution in [3.05, 3.63) is 77.9 Å². The third-order valence-corrected chi connectivity index (χ3v) is 7.83. The predicted molar refractivity (Wildman–Crippen MR) is 156 cm³/mol. The molecule has 10 nitrogen and oxygen atoms in total. The van der Waals surface area contributed by atoms with E-state index in [2.05, 4.69) is 15.6 Å². The summed E-state index contributed by atoms with van der Waals surface area (Å²) < 4.78 is 18.3. The van der Waals surface area contributed by atoms with E-state index in [1.54, 1.807) is 9.58 Å². The van der Waals surface area contributed by atoms with E-state index in [9.17, 15) is 9.59 Å². The van der Waals surface area contributed by atoms with Crippen LogP contribution < -0.4 is 19.5 Å². The quantitative estimate of drug-likeness (QED) is 0.293. The van der Waals surface area contributed by atoms with Crippen molar-refractivity contribution >= 4 is 22.8 Å². The van der Waals surface area contributed by atoms with Crippen molar-refractivity contribution in [3.63, 3.8) is 0 Å². The van der Waals surface area contributed by atoms with Gasteiger partial charge in [-0.3, -0.25) is 9.59 Å². The first kappa shape index (κ1) is 27.6. The van der Waals surface area contributed by atoms with Gasteiger partial charge in [0.2, 0.25) is 18.6 Å². The highest BCUT2D eigenvalue weighted by Gasteiger charge is 2.34. The SMILES string of the molecule is CCOc1ccc(C(C(=O)NC2CCCCC2)N(Cc2ccc3c(c2)OCO3)C(=O)Cn2nnc3ccccc32)cc1. The first-order valence-corrected chi connectivity index (χ1v) is 14.6. The van der Waals surface area contributed by atoms with E-state index in [1.807, 2.05) is 73.7 Å². The van der Waals surface area contributed by atoms with Gasteiger partial charge in [0.25, 0.3) is 0 Å². The fourth-order valence-corrected chi connectivity index (χ4v) is 5.73. The molecule has 2 heterocycles. The molecule has 1 aliphatic carbocycles. The van der Waals surface area contributed by atoms with Gasteiger partial charge < -0.3 is 24.4 Å². The van der Waals surface area contributed by atoms with Crippen LogP contribution >= 0.6 is 0 Å². The molecule has 0 spiro atoms. The van der Waals surface area contributed by atoms with Gasteiger partial charge >= 0.3 is 0 Å². The van der Waals surface area contributed by atoms with Crippen LogP contribution in [0, 0.1) is 0 Å². The van der Waals surface area contributed by atoms with Crippen LogP contribution in [-0.2, 0) is 22.7 Å². The van der Waals surface area contributed by atoms with Crippen molar-refractivity contribution in [2.75, 3.05) is 13.4 Å². The first-order valence-electron chi connectivity index (χ1n) is 14.6. The van der Waals surface area contributed by atoms with Gasteiger partial charge in [-0.2, -0.15) is 0 Å². The molecule has 2 amide bonds. The third-order valence-electron chi connectivity index (χ3n) is 7.83. The fraction of sp³-hybridized carbons (Fsp3) is 0.375. The van der Waals surface area contributed by atoms with Crippen molar-refractivity contribution in [3.8, 4) is 17.2 Å². The molecule has 0 bridgehead atoms. The van der Waals surface area contributed by atoms with E-state index in [1.165, 1.54) is 6.42 Å². The molecule has 6 rings (SSSR count). The third kappa shape index (κ3) is 6.02. The minimum atomic E-state index is -0.879. The predicted octanol–water partition coefficient (Wildman–Crippen LogP) is 4.78. The van der Waals surface area contributed by atoms with Crippen LogP contribution in [-0.4, -0.2) is 51.1 Å². The van der Waals surface area contributed by atoms with Gasteiger partial charge in [-0.25, -0.2) is 4.68 Å². The number of hydrogen-bond donors (Lipinski definition) is 1. The number of ether oxygens (including phenoxy) is 3. The Labute approximate surface area is 244 Å². The lowest BCUT2D eigenvalue weighted by atomic mass is 9.94. The molecule has 2 aliphatic rings. The Bertz CT molecular complexity index is 1550. The molecule has 1 fully saturated rings. The van der Waals surface area contributed by atoms with E-state index in [0.717, 1.165) is 36.8 Å². The summed E-state index contributed by atoms with van der Waals surface area (Å²) in [6.45, 7) is 2.71. The molecule has 10 heteroatoms. The largest absolute Gasteiger partial charge is 0.494 e. The second-order valence-electron chi connectivity index (χ2n) is 10.7. The van der Waals surface area contributed by atoms with Crippen LogP contribution in [0.1, 0.15) is 56.2 Å². The van der Waals surface area contributed by atoms with Crippen LogP contribution in [0.3, 0.4) is 0 Å². The Balaban J connectivity index is 1.37. The number of amides is 2. The summed E-state index contributed by atoms with van der Waals surface area (Å²) >= 11 is 0. The molecule has 1 N–H and O–H groups in total. The van der Waals surface area contributed by atoms with Crippen molar-refractivity contribution in [2.24, 2.45) is 0 Å². The molecule has 0 saturated heterocycles. The summed E-state index contributed by atoms with van der Waals surface area (Å²) in [5, 5.41) is 11.7. The van der Waals surface area contributed by atoms with Crippen molar-refractivity contribution < 1.29 is 23.8 Å². The number of benzene rings is 3. The molecule has 3 aromatic carbocycles. The topological polar surface area (TPSA) is 108 Å². The van der Waals surface area contributed by atoms with Crippen molar-refractivity contribution in [1.29, 1.82) is 0 Å². The highest BCUT2D eigenvalue weighted by Crippen LogP contribution is 2.34. The van der Waals surface area contributed by atoms with Gasteiger partial charge in [-0.15, -0.1) is 5.10 Å². The number of carbonyl (C=O) groups excluding carboxylic acids is 2. The minimum absolute atomic E-state index is 0.0741. The average molecular weight is 570 g/mol. The molecule has 1 aliphatic heterocycles. The highest BCUT2D eigenvalue weighted by molar-refractivity contribution is 5.89. The lowest BCUT2D eigenvalue weighted by Crippen LogP contribution is -2.47. The monoisotopic (exact) mass is 569 g/mol. The Morgan fingerprint density at radius 1 is 1.02 bits per heavy atom. The summed E-state index contributed by atoms with van der Waals surface area (Å²) in [6, 6.07) is 19.7. The normalized spacial score (nSPS) is 15.4. The Morgan fingerprint density at radius 2 is 1.81 bits per heavy atom. The Hall–Kier alpha value is -4.60. The van der Waals surface area contributed by atoms with E-state index < -0.39 is 6.04 Å². The molecule has 42 heavy (non-hydrogen) atoms. The number of carbonyl (C=O) groups is 2. The summed E-state index contributed by atoms with van der Waals surface area (Å²) in [4.78, 5) is 30.0. The smallest absolute Gasteiger partial charge is 0.247 e. The van der Waals surface area contributed by atoms with Crippen LogP contribution in [0.2, 0.25) is 0 Å². The lowest BCUT2D eigenvalue weighted by Gasteiger charge is -2.33. The van der Waals surface area contributed by atoms with Gasteiger partial charge in [-0.05, 0) is 67.3 Å². The molecular weight excluding hydrogens is 534 g/mol. The average Bonchev–Trinajstić information content (AvgIpc) is 3.65. The molecule has 4 aromatic rings. The zero-order chi connectivity index (χ0) is 28.9. The minimum Gasteiger partial charge on any atom is -0.494 e. The maximum absolute atomic E-state index is 14.2. The number of para-hydroxylation sites is 1. The molecule has 1 unspecified atom stereocenters. The number of fused-ring (bicyclic) bond motifs is 2. The van der Waals surface area contributed by atoms with Gasteiger partial charge in [0.1, 0.15) is 23.9 Å². The second-order valence-corrected chi connectivity index (χ2v) is 10.7. The van der Waals surface area contributed by atoms with E-state index in [0.29, 0.717) is 34.9 Å². The zero-order valence-corrected chi connectivity index (χ0v) is 23.7.